The van der Waals surface area contributed by atoms with E-state index in [0.717, 1.165) is 102 Å². The van der Waals surface area contributed by atoms with Crippen molar-refractivity contribution in [3.63, 3.8) is 0 Å². The molecule has 156 valence electrons. The highest BCUT2D eigenvalue weighted by Gasteiger charge is 2.03. The van der Waals surface area contributed by atoms with Gasteiger partial charge in [-0.2, -0.15) is 0 Å². The first kappa shape index (κ1) is 21.0. The van der Waals surface area contributed by atoms with Crippen molar-refractivity contribution in [2.75, 3.05) is 52.4 Å². The van der Waals surface area contributed by atoms with Gasteiger partial charge >= 0.3 is 0 Å². The second-order valence-electron chi connectivity index (χ2n) is 6.94. The number of rotatable bonds is 0. The van der Waals surface area contributed by atoms with E-state index in [4.69, 9.17) is 8.83 Å². The van der Waals surface area contributed by atoms with Gasteiger partial charge in [-0.3, -0.25) is 0 Å². The summed E-state index contributed by atoms with van der Waals surface area (Å²) in [4.78, 5) is 0. The molecule has 0 radical (unpaired) electrons. The van der Waals surface area contributed by atoms with E-state index >= 15 is 0 Å². The van der Waals surface area contributed by atoms with Crippen LogP contribution in [-0.4, -0.2) is 52.4 Å². The molecule has 0 saturated heterocycles. The Balaban J connectivity index is 1.40. The third-order valence-corrected chi connectivity index (χ3v) is 4.55. The van der Waals surface area contributed by atoms with Crippen LogP contribution < -0.4 is 31.9 Å². The molecule has 8 nitrogen and oxygen atoms in total. The Morgan fingerprint density at radius 1 is 0.393 bits per heavy atom. The Hall–Kier alpha value is -1.68. The Labute approximate surface area is 167 Å². The number of fused-ring (bicyclic) bond motifs is 4. The molecule has 6 N–H and O–H groups in total. The maximum Gasteiger partial charge on any atom is 0.118 e. The summed E-state index contributed by atoms with van der Waals surface area (Å²) in [6.07, 6.45) is 0. The third kappa shape index (κ3) is 8.14. The highest BCUT2D eigenvalue weighted by Crippen LogP contribution is 2.08. The predicted octanol–water partition coefficient (Wildman–Crippen LogP) is 0.124. The smallest absolute Gasteiger partial charge is 0.118 e. The molecule has 0 saturated carbocycles. The number of furan rings is 2. The SMILES string of the molecule is c1cc2oc1CNCCNCCNCc1ccc(o1)CNCCNCCNC2. The van der Waals surface area contributed by atoms with Crippen molar-refractivity contribution >= 4 is 0 Å². The lowest BCUT2D eigenvalue weighted by molar-refractivity contribution is 0.424. The summed E-state index contributed by atoms with van der Waals surface area (Å²) in [7, 11) is 0. The molecule has 2 aromatic rings. The van der Waals surface area contributed by atoms with Gasteiger partial charge in [-0.1, -0.05) is 0 Å². The minimum absolute atomic E-state index is 0.759. The second-order valence-corrected chi connectivity index (χ2v) is 6.94. The Morgan fingerprint density at radius 3 is 0.929 bits per heavy atom. The first-order valence-corrected chi connectivity index (χ1v) is 10.3. The molecule has 0 fully saturated rings. The lowest BCUT2D eigenvalue weighted by atomic mass is 10.4. The van der Waals surface area contributed by atoms with Crippen molar-refractivity contribution in [2.24, 2.45) is 0 Å². The summed E-state index contributed by atoms with van der Waals surface area (Å²) in [5.41, 5.74) is 0. The molecule has 0 unspecified atom stereocenters. The van der Waals surface area contributed by atoms with Crippen LogP contribution in [0.25, 0.3) is 0 Å². The van der Waals surface area contributed by atoms with Crippen LogP contribution in [0.2, 0.25) is 0 Å². The van der Waals surface area contributed by atoms with Gasteiger partial charge in [-0.25, -0.2) is 0 Å². The minimum Gasteiger partial charge on any atom is -0.463 e. The monoisotopic (exact) mass is 390 g/mol. The highest BCUT2D eigenvalue weighted by atomic mass is 16.3. The molecule has 4 bridgehead atoms. The fraction of sp³-hybridized carbons (Fsp3) is 0.600. The maximum absolute atomic E-state index is 5.84. The van der Waals surface area contributed by atoms with Crippen LogP contribution in [0.15, 0.2) is 33.1 Å². The van der Waals surface area contributed by atoms with Crippen LogP contribution in [0, 0.1) is 0 Å². The molecule has 0 aromatic carbocycles. The van der Waals surface area contributed by atoms with Gasteiger partial charge in [0.2, 0.25) is 0 Å². The molecule has 0 spiro atoms. The lowest BCUT2D eigenvalue weighted by Gasteiger charge is -2.08. The molecule has 0 amide bonds. The van der Waals surface area contributed by atoms with Crippen molar-refractivity contribution in [1.82, 2.24) is 31.9 Å². The first-order valence-electron chi connectivity index (χ1n) is 10.3. The summed E-state index contributed by atoms with van der Waals surface area (Å²) in [5.74, 6) is 3.93. The third-order valence-electron chi connectivity index (χ3n) is 4.55. The van der Waals surface area contributed by atoms with E-state index in [1.807, 2.05) is 24.3 Å². The van der Waals surface area contributed by atoms with E-state index in [1.165, 1.54) is 0 Å². The molecule has 3 rings (SSSR count). The van der Waals surface area contributed by atoms with Crippen LogP contribution >= 0.6 is 0 Å². The average Bonchev–Trinajstić information content (AvgIpc) is 3.34. The fourth-order valence-corrected chi connectivity index (χ4v) is 3.03. The van der Waals surface area contributed by atoms with E-state index < -0.39 is 0 Å². The van der Waals surface area contributed by atoms with Crippen molar-refractivity contribution < 1.29 is 8.83 Å². The summed E-state index contributed by atoms with van der Waals surface area (Å²) in [5, 5.41) is 20.5. The fourth-order valence-electron chi connectivity index (χ4n) is 3.03. The van der Waals surface area contributed by atoms with Gasteiger partial charge in [-0.05, 0) is 24.3 Å². The van der Waals surface area contributed by atoms with E-state index in [1.54, 1.807) is 0 Å². The molecule has 2 aromatic heterocycles. The molecule has 1 aliphatic rings. The van der Waals surface area contributed by atoms with Gasteiger partial charge in [0.1, 0.15) is 23.0 Å². The maximum atomic E-state index is 5.84. The van der Waals surface area contributed by atoms with Crippen LogP contribution in [0.1, 0.15) is 23.0 Å². The Bertz CT molecular complexity index is 551. The molecular weight excluding hydrogens is 356 g/mol. The summed E-state index contributed by atoms with van der Waals surface area (Å²) >= 11 is 0. The van der Waals surface area contributed by atoms with E-state index in [2.05, 4.69) is 31.9 Å². The highest BCUT2D eigenvalue weighted by molar-refractivity contribution is 5.07. The number of hydrogen-bond acceptors (Lipinski definition) is 8. The van der Waals surface area contributed by atoms with E-state index in [9.17, 15) is 0 Å². The largest absolute Gasteiger partial charge is 0.463 e. The average molecular weight is 391 g/mol. The van der Waals surface area contributed by atoms with Crippen molar-refractivity contribution in [3.8, 4) is 0 Å². The molecule has 0 atom stereocenters. The lowest BCUT2D eigenvalue weighted by Crippen LogP contribution is -2.32. The molecule has 1 aliphatic heterocycles. The summed E-state index contributed by atoms with van der Waals surface area (Å²) < 4.78 is 11.7. The van der Waals surface area contributed by atoms with E-state index in [-0.39, 0.29) is 0 Å². The van der Waals surface area contributed by atoms with Gasteiger partial charge in [0, 0.05) is 52.4 Å². The standard InChI is InChI=1S/C20H34N6O2/c1-2-18-14-24-10-6-22-8-12-26-16-20-4-3-19(28-20)15-25-11-7-21-5-9-23-13-17(1)27-18/h1-4,21-26H,5-16H2. The van der Waals surface area contributed by atoms with Gasteiger partial charge in [0.15, 0.2) is 0 Å². The normalized spacial score (nSPS) is 19.7. The molecular formula is C20H34N6O2. The van der Waals surface area contributed by atoms with Crippen LogP contribution in [0.4, 0.5) is 0 Å². The zero-order valence-corrected chi connectivity index (χ0v) is 16.6. The van der Waals surface area contributed by atoms with Crippen LogP contribution in [-0.2, 0) is 26.2 Å². The Morgan fingerprint density at radius 2 is 0.643 bits per heavy atom. The second kappa shape index (κ2) is 12.7. The van der Waals surface area contributed by atoms with E-state index in [0.29, 0.717) is 0 Å². The quantitative estimate of drug-likeness (QED) is 0.378. The molecule has 0 aliphatic carbocycles. The topological polar surface area (TPSA) is 98.5 Å². The molecule has 3 heterocycles. The summed E-state index contributed by atoms with van der Waals surface area (Å²) in [6, 6.07) is 8.19. The predicted molar refractivity (Wildman–Crippen MR) is 110 cm³/mol. The zero-order chi connectivity index (χ0) is 19.3. The minimum atomic E-state index is 0.759. The molecule has 28 heavy (non-hydrogen) atoms. The first-order chi connectivity index (χ1) is 13.9. The number of hydrogen-bond donors (Lipinski definition) is 6. The zero-order valence-electron chi connectivity index (χ0n) is 16.6. The van der Waals surface area contributed by atoms with Crippen molar-refractivity contribution in [1.29, 1.82) is 0 Å². The van der Waals surface area contributed by atoms with Gasteiger partial charge < -0.3 is 40.7 Å². The Kier molecular flexibility index (Phi) is 9.55. The molecule has 8 heteroatoms. The number of nitrogens with one attached hydrogen (secondary N) is 6. The van der Waals surface area contributed by atoms with Crippen molar-refractivity contribution in [2.45, 2.75) is 26.2 Å². The van der Waals surface area contributed by atoms with Gasteiger partial charge in [0.05, 0.1) is 26.2 Å². The van der Waals surface area contributed by atoms with Crippen molar-refractivity contribution in [3.05, 3.63) is 47.3 Å². The summed E-state index contributed by atoms with van der Waals surface area (Å²) in [6.45, 7) is 10.4. The van der Waals surface area contributed by atoms with Crippen LogP contribution in [0.5, 0.6) is 0 Å². The van der Waals surface area contributed by atoms with Crippen LogP contribution in [0.3, 0.4) is 0 Å². The van der Waals surface area contributed by atoms with Gasteiger partial charge in [0.25, 0.3) is 0 Å². The van der Waals surface area contributed by atoms with Gasteiger partial charge in [-0.15, -0.1) is 0 Å².